The van der Waals surface area contributed by atoms with Crippen LogP contribution < -0.4 is 5.62 Å². The summed E-state index contributed by atoms with van der Waals surface area (Å²) < 4.78 is 84.7. The lowest BCUT2D eigenvalue weighted by molar-refractivity contribution is -0.141. The first-order chi connectivity index (χ1) is 18.4. The number of fused-ring (bicyclic) bond motifs is 1. The second kappa shape index (κ2) is 9.40. The van der Waals surface area contributed by atoms with Crippen molar-refractivity contribution >= 4 is 11.2 Å². The normalized spacial score (nSPS) is 12.4. The number of alkyl halides is 6. The first kappa shape index (κ1) is 26.2. The number of benzene rings is 2. The molecule has 13 heteroatoms. The first-order valence-electron chi connectivity index (χ1n) is 11.8. The molecule has 3 heterocycles. The van der Waals surface area contributed by atoms with Crippen LogP contribution in [0.4, 0.5) is 26.3 Å². The van der Waals surface area contributed by atoms with Gasteiger partial charge in [-0.25, -0.2) is 15.0 Å². The predicted molar refractivity (Wildman–Crippen MR) is 130 cm³/mol. The predicted octanol–water partition coefficient (Wildman–Crippen LogP) is 5.89. The van der Waals surface area contributed by atoms with E-state index >= 15 is 0 Å². The minimum atomic E-state index is -4.60. The lowest BCUT2D eigenvalue weighted by Crippen LogP contribution is -2.23. The van der Waals surface area contributed by atoms with Gasteiger partial charge in [-0.1, -0.05) is 42.5 Å². The summed E-state index contributed by atoms with van der Waals surface area (Å²) in [7, 11) is 1.62. The molecule has 0 saturated heterocycles. The summed E-state index contributed by atoms with van der Waals surface area (Å²) >= 11 is 0. The Morgan fingerprint density at radius 1 is 0.897 bits per heavy atom. The lowest BCUT2D eigenvalue weighted by atomic mass is 10.1. The Kier molecular flexibility index (Phi) is 6.31. The van der Waals surface area contributed by atoms with Crippen LogP contribution in [0.25, 0.3) is 33.9 Å². The molecule has 1 N–H and O–H groups in total. The van der Waals surface area contributed by atoms with E-state index in [1.807, 2.05) is 0 Å². The van der Waals surface area contributed by atoms with E-state index in [-0.39, 0.29) is 35.0 Å². The Morgan fingerprint density at radius 3 is 2.23 bits per heavy atom. The monoisotopic (exact) mass is 545 g/mol. The van der Waals surface area contributed by atoms with Crippen molar-refractivity contribution in [2.24, 2.45) is 7.05 Å². The standard InChI is InChI=1S/C26H21F6N7/c1-3-38-14-20(26(30,31)32)35-22(38)16-10-8-15(9-11-16)13-39-23-19(37(2)24(39)33)12-34-21(36-23)17-6-4-5-7-18(17)25(27,28)29/h4-12,14,33H,3,13H2,1-2H3. The summed E-state index contributed by atoms with van der Waals surface area (Å²) in [6, 6.07) is 11.7. The molecule has 0 radical (unpaired) electrons. The molecule has 0 spiro atoms. The van der Waals surface area contributed by atoms with Crippen molar-refractivity contribution in [3.63, 3.8) is 0 Å². The number of hydrogen-bond donors (Lipinski definition) is 1. The lowest BCUT2D eigenvalue weighted by Gasteiger charge is -2.12. The summed E-state index contributed by atoms with van der Waals surface area (Å²) in [5, 5.41) is 8.54. The van der Waals surface area contributed by atoms with Gasteiger partial charge in [-0.05, 0) is 18.6 Å². The van der Waals surface area contributed by atoms with Crippen LogP contribution in [0.1, 0.15) is 23.7 Å². The summed E-state index contributed by atoms with van der Waals surface area (Å²) in [6.07, 6.45) is -6.82. The maximum Gasteiger partial charge on any atom is 0.434 e. The average molecular weight is 545 g/mol. The molecule has 3 aromatic heterocycles. The van der Waals surface area contributed by atoms with E-state index in [0.29, 0.717) is 23.2 Å². The minimum absolute atomic E-state index is 0.0426. The first-order valence-corrected chi connectivity index (χ1v) is 11.8. The van der Waals surface area contributed by atoms with Crippen molar-refractivity contribution in [1.82, 2.24) is 28.7 Å². The van der Waals surface area contributed by atoms with Crippen molar-refractivity contribution < 1.29 is 26.3 Å². The van der Waals surface area contributed by atoms with Gasteiger partial charge in [0.1, 0.15) is 11.3 Å². The van der Waals surface area contributed by atoms with Gasteiger partial charge in [-0.15, -0.1) is 0 Å². The van der Waals surface area contributed by atoms with E-state index < -0.39 is 23.6 Å². The molecule has 0 fully saturated rings. The largest absolute Gasteiger partial charge is 0.434 e. The van der Waals surface area contributed by atoms with E-state index in [4.69, 9.17) is 5.41 Å². The highest BCUT2D eigenvalue weighted by molar-refractivity contribution is 5.74. The highest BCUT2D eigenvalue weighted by atomic mass is 19.4. The van der Waals surface area contributed by atoms with Gasteiger partial charge < -0.3 is 9.13 Å². The number of rotatable bonds is 5. The van der Waals surface area contributed by atoms with Crippen molar-refractivity contribution in [2.75, 3.05) is 0 Å². The third-order valence-corrected chi connectivity index (χ3v) is 6.37. The molecular formula is C26H21F6N7. The van der Waals surface area contributed by atoms with Gasteiger partial charge in [-0.3, -0.25) is 9.98 Å². The molecule has 0 bridgehead atoms. The van der Waals surface area contributed by atoms with Crippen LogP contribution in [0.3, 0.4) is 0 Å². The Bertz CT molecular complexity index is 1720. The fraction of sp³-hybridized carbons (Fsp3) is 0.231. The number of halogens is 6. The molecule has 0 amide bonds. The van der Waals surface area contributed by atoms with E-state index in [0.717, 1.165) is 12.3 Å². The average Bonchev–Trinajstić information content (AvgIpc) is 3.44. The van der Waals surface area contributed by atoms with Crippen molar-refractivity contribution in [3.05, 3.63) is 83.4 Å². The van der Waals surface area contributed by atoms with E-state index in [1.165, 1.54) is 38.1 Å². The zero-order chi connectivity index (χ0) is 28.1. The number of nitrogens with one attached hydrogen (secondary N) is 1. The molecule has 0 saturated carbocycles. The molecule has 7 nitrogen and oxygen atoms in total. The van der Waals surface area contributed by atoms with E-state index in [1.54, 1.807) is 38.2 Å². The third kappa shape index (κ3) is 4.79. The van der Waals surface area contributed by atoms with Gasteiger partial charge in [0.05, 0.1) is 18.3 Å². The topological polar surface area (TPSA) is 77.3 Å². The SMILES string of the molecule is CCn1cc(C(F)(F)F)nc1-c1ccc(Cn2c(=N)n(C)c3cnc(-c4ccccc4C(F)(F)F)nc32)cc1. The fourth-order valence-corrected chi connectivity index (χ4v) is 4.37. The summed E-state index contributed by atoms with van der Waals surface area (Å²) in [5.41, 5.74) is -0.0724. The highest BCUT2D eigenvalue weighted by Crippen LogP contribution is 2.36. The van der Waals surface area contributed by atoms with E-state index in [2.05, 4.69) is 15.0 Å². The number of hydrogen-bond acceptors (Lipinski definition) is 4. The van der Waals surface area contributed by atoms with Crippen LogP contribution in [0, 0.1) is 5.41 Å². The van der Waals surface area contributed by atoms with Crippen LogP contribution >= 0.6 is 0 Å². The molecular weight excluding hydrogens is 524 g/mol. The molecule has 0 unspecified atom stereocenters. The minimum Gasteiger partial charge on any atom is -0.331 e. The zero-order valence-corrected chi connectivity index (χ0v) is 20.6. The second-order valence-corrected chi connectivity index (χ2v) is 8.85. The smallest absolute Gasteiger partial charge is 0.331 e. The van der Waals surface area contributed by atoms with Crippen LogP contribution in [-0.2, 0) is 32.5 Å². The zero-order valence-electron chi connectivity index (χ0n) is 20.6. The van der Waals surface area contributed by atoms with Gasteiger partial charge >= 0.3 is 12.4 Å². The molecule has 0 aliphatic heterocycles. The van der Waals surface area contributed by atoms with E-state index in [9.17, 15) is 26.3 Å². The maximum absolute atomic E-state index is 13.6. The van der Waals surface area contributed by atoms with Crippen LogP contribution in [0.5, 0.6) is 0 Å². The molecule has 0 atom stereocenters. The summed E-state index contributed by atoms with van der Waals surface area (Å²) in [6.45, 7) is 2.16. The van der Waals surface area contributed by atoms with Gasteiger partial charge in [-0.2, -0.15) is 26.3 Å². The Hall–Kier alpha value is -4.42. The van der Waals surface area contributed by atoms with Gasteiger partial charge in [0.25, 0.3) is 0 Å². The Labute approximate surface area is 217 Å². The molecule has 5 rings (SSSR count). The highest BCUT2D eigenvalue weighted by Gasteiger charge is 2.35. The number of aromatic nitrogens is 6. The Balaban J connectivity index is 1.53. The number of imidazole rings is 2. The van der Waals surface area contributed by atoms with Crippen molar-refractivity contribution in [1.29, 1.82) is 5.41 Å². The molecule has 5 aromatic rings. The molecule has 2 aromatic carbocycles. The third-order valence-electron chi connectivity index (χ3n) is 6.37. The summed E-state index contributed by atoms with van der Waals surface area (Å²) in [5.74, 6) is 0.0491. The fourth-order valence-electron chi connectivity index (χ4n) is 4.37. The quantitative estimate of drug-likeness (QED) is 0.280. The molecule has 39 heavy (non-hydrogen) atoms. The van der Waals surface area contributed by atoms with Gasteiger partial charge in [0.2, 0.25) is 5.62 Å². The second-order valence-electron chi connectivity index (χ2n) is 8.85. The van der Waals surface area contributed by atoms with Crippen LogP contribution in [0.15, 0.2) is 60.9 Å². The van der Waals surface area contributed by atoms with Crippen LogP contribution in [0.2, 0.25) is 0 Å². The van der Waals surface area contributed by atoms with Gasteiger partial charge in [0.15, 0.2) is 17.2 Å². The number of aryl methyl sites for hydroxylation is 2. The van der Waals surface area contributed by atoms with Gasteiger partial charge in [0, 0.05) is 30.9 Å². The van der Waals surface area contributed by atoms with Crippen molar-refractivity contribution in [3.8, 4) is 22.8 Å². The molecule has 0 aliphatic rings. The van der Waals surface area contributed by atoms with Crippen molar-refractivity contribution in [2.45, 2.75) is 32.4 Å². The number of nitrogens with zero attached hydrogens (tertiary/aromatic N) is 6. The molecule has 0 aliphatic carbocycles. The molecule has 202 valence electrons. The summed E-state index contributed by atoms with van der Waals surface area (Å²) in [4.78, 5) is 12.3. The maximum atomic E-state index is 13.6. The van der Waals surface area contributed by atoms with Crippen LogP contribution in [-0.4, -0.2) is 28.7 Å². The Morgan fingerprint density at radius 2 is 1.59 bits per heavy atom.